The third-order valence-electron chi connectivity index (χ3n) is 2.10. The van der Waals surface area contributed by atoms with Gasteiger partial charge < -0.3 is 15.2 Å². The van der Waals surface area contributed by atoms with Gasteiger partial charge in [-0.2, -0.15) is 13.2 Å². The first-order chi connectivity index (χ1) is 9.20. The Labute approximate surface area is 111 Å². The lowest BCUT2D eigenvalue weighted by Crippen LogP contribution is -2.44. The number of carbonyl (C=O) groups excluding carboxylic acids is 1. The molecule has 1 aromatic rings. The van der Waals surface area contributed by atoms with E-state index in [1.165, 1.54) is 19.2 Å². The molecule has 1 rings (SSSR count). The lowest BCUT2D eigenvalue weighted by Gasteiger charge is -2.15. The standard InChI is InChI=1S/C11H11F3N2O4/c1-6(16-10(19)11(12,13)14)5-20-8-4-7(9(17)18)2-3-15-8/h2-4,6H,5H2,1H3,(H,16,19)(H,17,18). The molecule has 1 amide bonds. The molecule has 110 valence electrons. The van der Waals surface area contributed by atoms with Crippen LogP contribution >= 0.6 is 0 Å². The summed E-state index contributed by atoms with van der Waals surface area (Å²) in [6.07, 6.45) is -3.77. The summed E-state index contributed by atoms with van der Waals surface area (Å²) in [7, 11) is 0. The summed E-state index contributed by atoms with van der Waals surface area (Å²) in [5.74, 6) is -3.31. The van der Waals surface area contributed by atoms with E-state index >= 15 is 0 Å². The monoisotopic (exact) mass is 292 g/mol. The molecule has 0 aliphatic rings. The number of rotatable bonds is 5. The molecule has 1 heterocycles. The molecule has 0 bridgehead atoms. The number of hydrogen-bond donors (Lipinski definition) is 2. The van der Waals surface area contributed by atoms with Gasteiger partial charge in [0.15, 0.2) is 0 Å². The fraction of sp³-hybridized carbons (Fsp3) is 0.364. The minimum atomic E-state index is -4.96. The number of carbonyl (C=O) groups is 2. The average Bonchev–Trinajstić information content (AvgIpc) is 2.35. The van der Waals surface area contributed by atoms with E-state index < -0.39 is 24.1 Å². The van der Waals surface area contributed by atoms with Gasteiger partial charge in [0.25, 0.3) is 0 Å². The van der Waals surface area contributed by atoms with Crippen LogP contribution in [0.25, 0.3) is 0 Å². The summed E-state index contributed by atoms with van der Waals surface area (Å²) in [5.41, 5.74) is -0.0676. The molecular formula is C11H11F3N2O4. The summed E-state index contributed by atoms with van der Waals surface area (Å²) < 4.78 is 41.0. The highest BCUT2D eigenvalue weighted by Gasteiger charge is 2.39. The van der Waals surface area contributed by atoms with Crippen LogP contribution in [0.2, 0.25) is 0 Å². The van der Waals surface area contributed by atoms with E-state index in [0.717, 1.165) is 6.07 Å². The van der Waals surface area contributed by atoms with E-state index in [4.69, 9.17) is 9.84 Å². The first-order valence-corrected chi connectivity index (χ1v) is 5.40. The van der Waals surface area contributed by atoms with Crippen LogP contribution in [0, 0.1) is 0 Å². The van der Waals surface area contributed by atoms with Gasteiger partial charge in [-0.25, -0.2) is 9.78 Å². The maximum atomic E-state index is 12.0. The van der Waals surface area contributed by atoms with Crippen molar-refractivity contribution >= 4 is 11.9 Å². The number of nitrogens with one attached hydrogen (secondary N) is 1. The van der Waals surface area contributed by atoms with E-state index in [2.05, 4.69) is 4.98 Å². The highest BCUT2D eigenvalue weighted by molar-refractivity contribution is 5.87. The Morgan fingerprint density at radius 2 is 2.15 bits per heavy atom. The molecule has 0 aliphatic heterocycles. The topological polar surface area (TPSA) is 88.5 Å². The first kappa shape index (κ1) is 15.7. The minimum absolute atomic E-state index is 0.0574. The Bertz CT molecular complexity index is 505. The van der Waals surface area contributed by atoms with Crippen LogP contribution < -0.4 is 10.1 Å². The van der Waals surface area contributed by atoms with Gasteiger partial charge in [0.05, 0.1) is 11.6 Å². The number of amides is 1. The quantitative estimate of drug-likeness (QED) is 0.852. The summed E-state index contributed by atoms with van der Waals surface area (Å²) >= 11 is 0. The third-order valence-corrected chi connectivity index (χ3v) is 2.10. The second-order valence-electron chi connectivity index (χ2n) is 3.87. The third kappa shape index (κ3) is 4.75. The second-order valence-corrected chi connectivity index (χ2v) is 3.87. The predicted molar refractivity (Wildman–Crippen MR) is 60.4 cm³/mol. The number of pyridine rings is 1. The summed E-state index contributed by atoms with van der Waals surface area (Å²) in [5, 5.41) is 10.4. The van der Waals surface area contributed by atoms with Crippen molar-refractivity contribution in [3.63, 3.8) is 0 Å². The van der Waals surface area contributed by atoms with Crippen LogP contribution in [0.4, 0.5) is 13.2 Å². The molecule has 0 radical (unpaired) electrons. The maximum Gasteiger partial charge on any atom is 0.471 e. The van der Waals surface area contributed by atoms with Crippen LogP contribution in [-0.2, 0) is 4.79 Å². The highest BCUT2D eigenvalue weighted by Crippen LogP contribution is 2.14. The Balaban J connectivity index is 2.53. The number of nitrogens with zero attached hydrogens (tertiary/aromatic N) is 1. The van der Waals surface area contributed by atoms with Crippen molar-refractivity contribution in [2.24, 2.45) is 0 Å². The lowest BCUT2D eigenvalue weighted by molar-refractivity contribution is -0.174. The van der Waals surface area contributed by atoms with Gasteiger partial charge in [-0.05, 0) is 13.0 Å². The number of carboxylic acids is 1. The molecular weight excluding hydrogens is 281 g/mol. The molecule has 0 saturated heterocycles. The van der Waals surface area contributed by atoms with Gasteiger partial charge in [0, 0.05) is 12.3 Å². The zero-order valence-corrected chi connectivity index (χ0v) is 10.3. The van der Waals surface area contributed by atoms with Crippen molar-refractivity contribution in [1.29, 1.82) is 0 Å². The minimum Gasteiger partial charge on any atom is -0.478 e. The molecule has 1 atom stereocenters. The molecule has 1 aromatic heterocycles. The molecule has 2 N–H and O–H groups in total. The zero-order valence-electron chi connectivity index (χ0n) is 10.3. The Hall–Kier alpha value is -2.32. The SMILES string of the molecule is CC(COc1cc(C(=O)O)ccn1)NC(=O)C(F)(F)F. The molecule has 9 heteroatoms. The average molecular weight is 292 g/mol. The van der Waals surface area contributed by atoms with Crippen LogP contribution in [-0.4, -0.2) is 40.8 Å². The number of aromatic carboxylic acids is 1. The Kier molecular flexibility index (Phi) is 4.89. The van der Waals surface area contributed by atoms with Crippen molar-refractivity contribution < 1.29 is 32.6 Å². The van der Waals surface area contributed by atoms with Crippen molar-refractivity contribution in [3.8, 4) is 5.88 Å². The smallest absolute Gasteiger partial charge is 0.471 e. The van der Waals surface area contributed by atoms with E-state index in [1.807, 2.05) is 0 Å². The van der Waals surface area contributed by atoms with Crippen molar-refractivity contribution in [1.82, 2.24) is 10.3 Å². The molecule has 0 fully saturated rings. The van der Waals surface area contributed by atoms with Crippen LogP contribution in [0.3, 0.4) is 0 Å². The van der Waals surface area contributed by atoms with E-state index in [0.29, 0.717) is 0 Å². The fourth-order valence-electron chi connectivity index (χ4n) is 1.18. The van der Waals surface area contributed by atoms with Crippen molar-refractivity contribution in [2.45, 2.75) is 19.1 Å². The van der Waals surface area contributed by atoms with E-state index in [-0.39, 0.29) is 18.1 Å². The molecule has 0 saturated carbocycles. The molecule has 6 nitrogen and oxygen atoms in total. The van der Waals surface area contributed by atoms with Gasteiger partial charge >= 0.3 is 18.1 Å². The lowest BCUT2D eigenvalue weighted by atomic mass is 10.3. The first-order valence-electron chi connectivity index (χ1n) is 5.40. The Morgan fingerprint density at radius 3 is 2.70 bits per heavy atom. The number of ether oxygens (including phenoxy) is 1. The predicted octanol–water partition coefficient (Wildman–Crippen LogP) is 1.23. The van der Waals surface area contributed by atoms with Crippen LogP contribution in [0.15, 0.2) is 18.3 Å². The van der Waals surface area contributed by atoms with E-state index in [9.17, 15) is 22.8 Å². The van der Waals surface area contributed by atoms with E-state index in [1.54, 1.807) is 5.32 Å². The van der Waals surface area contributed by atoms with Gasteiger partial charge in [-0.1, -0.05) is 0 Å². The van der Waals surface area contributed by atoms with Crippen molar-refractivity contribution in [3.05, 3.63) is 23.9 Å². The maximum absolute atomic E-state index is 12.0. The van der Waals surface area contributed by atoms with Crippen molar-refractivity contribution in [2.75, 3.05) is 6.61 Å². The molecule has 0 spiro atoms. The highest BCUT2D eigenvalue weighted by atomic mass is 19.4. The Morgan fingerprint density at radius 1 is 1.50 bits per heavy atom. The summed E-state index contributed by atoms with van der Waals surface area (Å²) in [6, 6.07) is 1.45. The second kappa shape index (κ2) is 6.22. The largest absolute Gasteiger partial charge is 0.478 e. The number of aromatic nitrogens is 1. The fourth-order valence-corrected chi connectivity index (χ4v) is 1.18. The molecule has 0 aliphatic carbocycles. The van der Waals surface area contributed by atoms with Gasteiger partial charge in [-0.3, -0.25) is 4.79 Å². The van der Waals surface area contributed by atoms with Gasteiger partial charge in [0.1, 0.15) is 6.61 Å². The normalized spacial score (nSPS) is 12.6. The summed E-state index contributed by atoms with van der Waals surface area (Å²) in [4.78, 5) is 25.0. The van der Waals surface area contributed by atoms with Crippen LogP contribution in [0.1, 0.15) is 17.3 Å². The number of carboxylic acid groups (broad SMARTS) is 1. The number of alkyl halides is 3. The molecule has 0 aromatic carbocycles. The molecule has 1 unspecified atom stereocenters. The number of hydrogen-bond acceptors (Lipinski definition) is 4. The van der Waals surface area contributed by atoms with Gasteiger partial charge in [-0.15, -0.1) is 0 Å². The zero-order chi connectivity index (χ0) is 15.3. The summed E-state index contributed by atoms with van der Waals surface area (Å²) in [6.45, 7) is 1.03. The van der Waals surface area contributed by atoms with Gasteiger partial charge in [0.2, 0.25) is 5.88 Å². The number of halogens is 3. The molecule has 20 heavy (non-hydrogen) atoms. The van der Waals surface area contributed by atoms with Crippen LogP contribution in [0.5, 0.6) is 5.88 Å².